The molecule has 1 aromatic carbocycles. The van der Waals surface area contributed by atoms with Gasteiger partial charge in [-0.3, -0.25) is 14.5 Å². The van der Waals surface area contributed by atoms with Crippen LogP contribution in [0.3, 0.4) is 0 Å². The van der Waals surface area contributed by atoms with E-state index in [1.165, 1.54) is 0 Å². The third kappa shape index (κ3) is 4.72. The number of carbonyl (C=O) groups is 2. The molecule has 1 saturated heterocycles. The molecule has 1 heterocycles. The van der Waals surface area contributed by atoms with Crippen molar-refractivity contribution in [1.82, 2.24) is 4.90 Å². The summed E-state index contributed by atoms with van der Waals surface area (Å²) in [4.78, 5) is 28.1. The first kappa shape index (κ1) is 19.2. The molecule has 2 atom stereocenters. The molecule has 1 amide bonds. The number of ether oxygens (including phenoxy) is 1. The van der Waals surface area contributed by atoms with Crippen LogP contribution in [0.15, 0.2) is 24.3 Å². The second-order valence-electron chi connectivity index (χ2n) is 7.89. The summed E-state index contributed by atoms with van der Waals surface area (Å²) in [5, 5.41) is 9.40. The van der Waals surface area contributed by atoms with Crippen molar-refractivity contribution in [2.75, 3.05) is 25.6 Å². The molecule has 1 aliphatic heterocycles. The molecule has 6 nitrogen and oxygen atoms in total. The fraction of sp³-hybridized carbons (Fsp3) is 0.579. The molecule has 1 fully saturated rings. The summed E-state index contributed by atoms with van der Waals surface area (Å²) in [5.74, 6) is -0.170. The zero-order valence-corrected chi connectivity index (χ0v) is 15.7. The molecule has 0 aromatic heterocycles. The summed E-state index contributed by atoms with van der Waals surface area (Å²) in [6.07, 6.45) is 0.807. The topological polar surface area (TPSA) is 70.1 Å². The van der Waals surface area contributed by atoms with Crippen molar-refractivity contribution >= 4 is 17.6 Å². The van der Waals surface area contributed by atoms with Gasteiger partial charge in [-0.05, 0) is 31.0 Å². The summed E-state index contributed by atoms with van der Waals surface area (Å²) in [5.41, 5.74) is 0.600. The fourth-order valence-electron chi connectivity index (χ4n) is 3.31. The van der Waals surface area contributed by atoms with E-state index in [4.69, 9.17) is 4.74 Å². The van der Waals surface area contributed by atoms with Gasteiger partial charge in [0.25, 0.3) is 0 Å². The van der Waals surface area contributed by atoms with Crippen molar-refractivity contribution in [3.63, 3.8) is 0 Å². The summed E-state index contributed by atoms with van der Waals surface area (Å²) in [6, 6.07) is 6.63. The Kier molecular flexibility index (Phi) is 5.72. The number of carboxylic acid groups (broad SMARTS) is 1. The lowest BCUT2D eigenvalue weighted by Gasteiger charge is -2.32. The summed E-state index contributed by atoms with van der Waals surface area (Å²) in [7, 11) is 3.38. The lowest BCUT2D eigenvalue weighted by atomic mass is 9.91. The van der Waals surface area contributed by atoms with Crippen LogP contribution in [0.25, 0.3) is 0 Å². The van der Waals surface area contributed by atoms with Crippen molar-refractivity contribution in [3.8, 4) is 5.75 Å². The Labute approximate surface area is 149 Å². The van der Waals surface area contributed by atoms with Gasteiger partial charge < -0.3 is 14.7 Å². The van der Waals surface area contributed by atoms with Gasteiger partial charge in [-0.2, -0.15) is 0 Å². The van der Waals surface area contributed by atoms with E-state index in [9.17, 15) is 14.7 Å². The number of rotatable bonds is 5. The quantitative estimate of drug-likeness (QED) is 0.886. The van der Waals surface area contributed by atoms with E-state index in [2.05, 4.69) is 0 Å². The van der Waals surface area contributed by atoms with E-state index in [0.717, 1.165) is 5.69 Å². The van der Waals surface area contributed by atoms with Crippen molar-refractivity contribution in [2.24, 2.45) is 5.41 Å². The molecule has 0 radical (unpaired) electrons. The maximum absolute atomic E-state index is 13.0. The minimum atomic E-state index is -0.848. The number of likely N-dealkylation sites (N-methyl/N-ethyl adjacent to an activating group) is 1. The Morgan fingerprint density at radius 2 is 2.04 bits per heavy atom. The molecule has 1 aromatic rings. The zero-order chi connectivity index (χ0) is 18.8. The molecule has 6 heteroatoms. The lowest BCUT2D eigenvalue weighted by molar-refractivity contribution is -0.141. The van der Waals surface area contributed by atoms with Gasteiger partial charge in [-0.25, -0.2) is 0 Å². The largest absolute Gasteiger partial charge is 0.497 e. The van der Waals surface area contributed by atoms with Crippen LogP contribution in [-0.2, 0) is 9.59 Å². The third-order valence-corrected chi connectivity index (χ3v) is 4.46. The van der Waals surface area contributed by atoms with Crippen molar-refractivity contribution in [1.29, 1.82) is 0 Å². The molecule has 2 rings (SSSR count). The Bertz CT molecular complexity index is 639. The fourth-order valence-corrected chi connectivity index (χ4v) is 3.31. The van der Waals surface area contributed by atoms with Crippen molar-refractivity contribution in [3.05, 3.63) is 24.3 Å². The van der Waals surface area contributed by atoms with Crippen molar-refractivity contribution in [2.45, 2.75) is 45.7 Å². The highest BCUT2D eigenvalue weighted by molar-refractivity contribution is 5.95. The molecular formula is C19H28N2O4. The minimum Gasteiger partial charge on any atom is -0.497 e. The molecule has 0 saturated carbocycles. The van der Waals surface area contributed by atoms with E-state index in [1.807, 2.05) is 45.0 Å². The monoisotopic (exact) mass is 348 g/mol. The number of anilines is 1. The van der Waals surface area contributed by atoms with Gasteiger partial charge in [0.15, 0.2) is 0 Å². The number of nitrogens with zero attached hydrogens (tertiary/aromatic N) is 2. The predicted octanol–water partition coefficient (Wildman–Crippen LogP) is 2.62. The Balaban J connectivity index is 2.35. The second-order valence-corrected chi connectivity index (χ2v) is 7.89. The van der Waals surface area contributed by atoms with Gasteiger partial charge in [0, 0.05) is 24.7 Å². The Hall–Kier alpha value is -2.08. The van der Waals surface area contributed by atoms with E-state index in [-0.39, 0.29) is 17.4 Å². The van der Waals surface area contributed by atoms with Crippen LogP contribution in [0.4, 0.5) is 5.69 Å². The molecule has 138 valence electrons. The van der Waals surface area contributed by atoms with Crippen LogP contribution < -0.4 is 9.64 Å². The van der Waals surface area contributed by atoms with Gasteiger partial charge in [-0.1, -0.05) is 26.8 Å². The number of hydrogen-bond acceptors (Lipinski definition) is 4. The van der Waals surface area contributed by atoms with E-state index in [1.54, 1.807) is 24.0 Å². The highest BCUT2D eigenvalue weighted by Crippen LogP contribution is 2.31. The first-order valence-electron chi connectivity index (χ1n) is 8.51. The second kappa shape index (κ2) is 7.44. The van der Waals surface area contributed by atoms with Crippen LogP contribution in [0.1, 0.15) is 33.6 Å². The van der Waals surface area contributed by atoms with Crippen LogP contribution in [0.2, 0.25) is 0 Å². The first-order valence-corrected chi connectivity index (χ1v) is 8.51. The minimum absolute atomic E-state index is 0.00481. The highest BCUT2D eigenvalue weighted by atomic mass is 16.5. The maximum Gasteiger partial charge on any atom is 0.320 e. The molecule has 0 unspecified atom stereocenters. The van der Waals surface area contributed by atoms with Gasteiger partial charge in [-0.15, -0.1) is 0 Å². The van der Waals surface area contributed by atoms with Crippen LogP contribution in [0, 0.1) is 5.41 Å². The number of amides is 1. The summed E-state index contributed by atoms with van der Waals surface area (Å²) < 4.78 is 5.29. The molecule has 0 bridgehead atoms. The van der Waals surface area contributed by atoms with Crippen LogP contribution in [0.5, 0.6) is 5.75 Å². The van der Waals surface area contributed by atoms with Gasteiger partial charge in [0.1, 0.15) is 11.8 Å². The number of methoxy groups -OCH3 is 1. The molecule has 25 heavy (non-hydrogen) atoms. The number of hydrogen-bond donors (Lipinski definition) is 1. The molecule has 0 spiro atoms. The van der Waals surface area contributed by atoms with E-state index in [0.29, 0.717) is 25.1 Å². The number of benzene rings is 1. The molecule has 1 aliphatic rings. The lowest BCUT2D eigenvalue weighted by Crippen LogP contribution is -2.43. The van der Waals surface area contributed by atoms with Gasteiger partial charge >= 0.3 is 5.97 Å². The maximum atomic E-state index is 13.0. The Morgan fingerprint density at radius 3 is 2.56 bits per heavy atom. The normalized spacial score (nSPS) is 21.2. The van der Waals surface area contributed by atoms with E-state index >= 15 is 0 Å². The third-order valence-electron chi connectivity index (χ3n) is 4.46. The average Bonchev–Trinajstić information content (AvgIpc) is 2.87. The zero-order valence-electron chi connectivity index (χ0n) is 15.7. The average molecular weight is 348 g/mol. The molecule has 0 aliphatic carbocycles. The smallest absolute Gasteiger partial charge is 0.320 e. The number of carboxylic acids is 1. The molecular weight excluding hydrogens is 320 g/mol. The summed E-state index contributed by atoms with van der Waals surface area (Å²) >= 11 is 0. The predicted molar refractivity (Wildman–Crippen MR) is 97.0 cm³/mol. The Morgan fingerprint density at radius 1 is 1.36 bits per heavy atom. The SMILES string of the molecule is COc1cccc(N(C(=O)CC(C)(C)C)[C@@H]2C[C@@H](C(=O)O)N(C)C2)c1. The van der Waals surface area contributed by atoms with Crippen LogP contribution in [-0.4, -0.2) is 54.7 Å². The van der Waals surface area contributed by atoms with E-state index < -0.39 is 12.0 Å². The summed E-state index contributed by atoms with van der Waals surface area (Å²) in [6.45, 7) is 6.60. The number of carbonyl (C=O) groups excluding carboxylic acids is 1. The van der Waals surface area contributed by atoms with Gasteiger partial charge in [0.2, 0.25) is 5.91 Å². The number of aliphatic carboxylic acids is 1. The standard InChI is InChI=1S/C19H28N2O4/c1-19(2,3)11-17(22)21(13-7-6-8-15(9-13)25-5)14-10-16(18(23)24)20(4)12-14/h6-9,14,16H,10-12H2,1-5H3,(H,23,24)/t14-,16+/m1/s1. The first-order chi connectivity index (χ1) is 11.6. The highest BCUT2D eigenvalue weighted by Gasteiger charge is 2.40. The molecule has 1 N–H and O–H groups in total. The van der Waals surface area contributed by atoms with Crippen LogP contribution >= 0.6 is 0 Å². The number of likely N-dealkylation sites (tertiary alicyclic amines) is 1. The van der Waals surface area contributed by atoms with Gasteiger partial charge in [0.05, 0.1) is 13.2 Å². The van der Waals surface area contributed by atoms with Crippen molar-refractivity contribution < 1.29 is 19.4 Å².